The molecule has 0 atom stereocenters. The van der Waals surface area contributed by atoms with Crippen LogP contribution in [0, 0.1) is 13.8 Å². The lowest BCUT2D eigenvalue weighted by molar-refractivity contribution is 0.178. The Bertz CT molecular complexity index is 926. The van der Waals surface area contributed by atoms with Crippen molar-refractivity contribution in [2.75, 3.05) is 38.2 Å². The quantitative estimate of drug-likeness (QED) is 0.765. The standard InChI is InChI=1S/C20H26N6O/c1-14-5-7-16(8-6-14)26-20-18(15(2)24-26)19(22-17(23-20)13-27-3)25-11-4-9-21-10-12-25/h5-8,21H,4,9-13H2,1-3H3. The fourth-order valence-corrected chi connectivity index (χ4v) is 3.55. The zero-order valence-corrected chi connectivity index (χ0v) is 16.2. The van der Waals surface area contributed by atoms with Crippen molar-refractivity contribution in [1.82, 2.24) is 25.1 Å². The summed E-state index contributed by atoms with van der Waals surface area (Å²) in [6.07, 6.45) is 1.09. The Morgan fingerprint density at radius 1 is 1.07 bits per heavy atom. The number of rotatable bonds is 4. The van der Waals surface area contributed by atoms with Gasteiger partial charge in [0.15, 0.2) is 11.5 Å². The van der Waals surface area contributed by atoms with Crippen LogP contribution >= 0.6 is 0 Å². The highest BCUT2D eigenvalue weighted by molar-refractivity contribution is 5.91. The molecule has 0 unspecified atom stereocenters. The summed E-state index contributed by atoms with van der Waals surface area (Å²) < 4.78 is 7.25. The van der Waals surface area contributed by atoms with Crippen molar-refractivity contribution < 1.29 is 4.74 Å². The van der Waals surface area contributed by atoms with Gasteiger partial charge >= 0.3 is 0 Å². The van der Waals surface area contributed by atoms with Crippen LogP contribution in [0.2, 0.25) is 0 Å². The minimum absolute atomic E-state index is 0.382. The van der Waals surface area contributed by atoms with Crippen LogP contribution in [0.1, 0.15) is 23.5 Å². The molecule has 0 spiro atoms. The smallest absolute Gasteiger partial charge is 0.169 e. The van der Waals surface area contributed by atoms with E-state index in [1.807, 2.05) is 11.6 Å². The summed E-state index contributed by atoms with van der Waals surface area (Å²) >= 11 is 0. The Balaban J connectivity index is 1.90. The van der Waals surface area contributed by atoms with Crippen LogP contribution in [-0.4, -0.2) is 53.0 Å². The predicted molar refractivity (Wildman–Crippen MR) is 107 cm³/mol. The highest BCUT2D eigenvalue weighted by Crippen LogP contribution is 2.29. The zero-order chi connectivity index (χ0) is 18.8. The Hall–Kier alpha value is -2.51. The molecule has 7 nitrogen and oxygen atoms in total. The van der Waals surface area contributed by atoms with Gasteiger partial charge in [0.05, 0.1) is 16.8 Å². The molecule has 1 aliphatic heterocycles. The number of nitrogens with one attached hydrogen (secondary N) is 1. The van der Waals surface area contributed by atoms with Crippen LogP contribution < -0.4 is 10.2 Å². The Morgan fingerprint density at radius 3 is 2.67 bits per heavy atom. The van der Waals surface area contributed by atoms with Crippen LogP contribution in [0.5, 0.6) is 0 Å². The maximum absolute atomic E-state index is 5.33. The van der Waals surface area contributed by atoms with Gasteiger partial charge in [0.25, 0.3) is 0 Å². The number of anilines is 1. The summed E-state index contributed by atoms with van der Waals surface area (Å²) in [5, 5.41) is 9.28. The van der Waals surface area contributed by atoms with Crippen LogP contribution in [0.15, 0.2) is 24.3 Å². The first-order chi connectivity index (χ1) is 13.2. The van der Waals surface area contributed by atoms with Gasteiger partial charge in [0.2, 0.25) is 0 Å². The first-order valence-electron chi connectivity index (χ1n) is 9.45. The normalized spacial score (nSPS) is 15.3. The maximum Gasteiger partial charge on any atom is 0.169 e. The zero-order valence-electron chi connectivity index (χ0n) is 16.2. The SMILES string of the molecule is COCc1nc(N2CCCNCC2)c2c(C)nn(-c3ccc(C)cc3)c2n1. The largest absolute Gasteiger partial charge is 0.377 e. The molecule has 3 aromatic rings. The predicted octanol–water partition coefficient (Wildman–Crippen LogP) is 2.38. The molecule has 0 radical (unpaired) electrons. The highest BCUT2D eigenvalue weighted by atomic mass is 16.5. The third kappa shape index (κ3) is 3.52. The third-order valence-electron chi connectivity index (χ3n) is 4.92. The van der Waals surface area contributed by atoms with E-state index in [0.717, 1.165) is 60.8 Å². The Labute approximate surface area is 159 Å². The molecule has 4 rings (SSSR count). The van der Waals surface area contributed by atoms with E-state index in [-0.39, 0.29) is 0 Å². The second-order valence-electron chi connectivity index (χ2n) is 7.02. The van der Waals surface area contributed by atoms with Gasteiger partial charge in [-0.05, 0) is 38.9 Å². The van der Waals surface area contributed by atoms with E-state index in [1.54, 1.807) is 7.11 Å². The number of ether oxygens (including phenoxy) is 1. The fourth-order valence-electron chi connectivity index (χ4n) is 3.55. The lowest BCUT2D eigenvalue weighted by atomic mass is 10.2. The molecular weight excluding hydrogens is 340 g/mol. The number of methoxy groups -OCH3 is 1. The van der Waals surface area contributed by atoms with E-state index in [9.17, 15) is 0 Å². The van der Waals surface area contributed by atoms with Crippen molar-refractivity contribution in [3.05, 3.63) is 41.3 Å². The molecule has 2 aromatic heterocycles. The molecule has 1 aliphatic rings. The van der Waals surface area contributed by atoms with Gasteiger partial charge in [0.1, 0.15) is 12.4 Å². The van der Waals surface area contributed by atoms with Gasteiger partial charge in [-0.25, -0.2) is 14.6 Å². The van der Waals surface area contributed by atoms with Crippen molar-refractivity contribution in [2.45, 2.75) is 26.9 Å². The molecule has 27 heavy (non-hydrogen) atoms. The van der Waals surface area contributed by atoms with E-state index in [2.05, 4.69) is 41.4 Å². The summed E-state index contributed by atoms with van der Waals surface area (Å²) in [5.74, 6) is 1.65. The third-order valence-corrected chi connectivity index (χ3v) is 4.92. The molecule has 1 fully saturated rings. The van der Waals surface area contributed by atoms with Crippen molar-refractivity contribution in [3.8, 4) is 5.69 Å². The number of aromatic nitrogens is 4. The van der Waals surface area contributed by atoms with Crippen LogP contribution in [-0.2, 0) is 11.3 Å². The minimum Gasteiger partial charge on any atom is -0.377 e. The molecule has 0 saturated carbocycles. The number of aryl methyl sites for hydroxylation is 2. The maximum atomic E-state index is 5.33. The highest BCUT2D eigenvalue weighted by Gasteiger charge is 2.22. The topological polar surface area (TPSA) is 68.1 Å². The van der Waals surface area contributed by atoms with E-state index < -0.39 is 0 Å². The summed E-state index contributed by atoms with van der Waals surface area (Å²) in [7, 11) is 1.67. The lowest BCUT2D eigenvalue weighted by Gasteiger charge is -2.22. The minimum atomic E-state index is 0.382. The van der Waals surface area contributed by atoms with E-state index in [4.69, 9.17) is 19.8 Å². The average Bonchev–Trinajstić information content (AvgIpc) is 2.85. The number of hydrogen-bond donors (Lipinski definition) is 1. The lowest BCUT2D eigenvalue weighted by Crippen LogP contribution is -2.29. The van der Waals surface area contributed by atoms with Gasteiger partial charge in [0, 0.05) is 26.7 Å². The van der Waals surface area contributed by atoms with Gasteiger partial charge in [-0.1, -0.05) is 17.7 Å². The van der Waals surface area contributed by atoms with Crippen molar-refractivity contribution in [1.29, 1.82) is 0 Å². The number of hydrogen-bond acceptors (Lipinski definition) is 6. The average molecular weight is 366 g/mol. The number of fused-ring (bicyclic) bond motifs is 1. The van der Waals surface area contributed by atoms with Crippen molar-refractivity contribution in [2.24, 2.45) is 0 Å². The molecule has 1 aromatic carbocycles. The van der Waals surface area contributed by atoms with Crippen molar-refractivity contribution in [3.63, 3.8) is 0 Å². The molecular formula is C20H26N6O. The Kier molecular flexibility index (Phi) is 5.05. The van der Waals surface area contributed by atoms with E-state index >= 15 is 0 Å². The summed E-state index contributed by atoms with van der Waals surface area (Å²) in [6.45, 7) is 8.39. The second kappa shape index (κ2) is 7.62. The van der Waals surface area contributed by atoms with Crippen LogP contribution in [0.25, 0.3) is 16.7 Å². The molecule has 7 heteroatoms. The molecule has 0 bridgehead atoms. The van der Waals surface area contributed by atoms with E-state index in [0.29, 0.717) is 12.4 Å². The summed E-state index contributed by atoms with van der Waals surface area (Å²) in [4.78, 5) is 12.0. The van der Waals surface area contributed by atoms with Gasteiger partial charge in [-0.15, -0.1) is 0 Å². The fraction of sp³-hybridized carbons (Fsp3) is 0.450. The number of benzene rings is 1. The van der Waals surface area contributed by atoms with Crippen LogP contribution in [0.3, 0.4) is 0 Å². The molecule has 3 heterocycles. The molecule has 0 aliphatic carbocycles. The first-order valence-corrected chi connectivity index (χ1v) is 9.45. The Morgan fingerprint density at radius 2 is 1.89 bits per heavy atom. The van der Waals surface area contributed by atoms with Gasteiger partial charge in [-0.3, -0.25) is 0 Å². The number of nitrogens with zero attached hydrogens (tertiary/aromatic N) is 5. The van der Waals surface area contributed by atoms with Crippen molar-refractivity contribution >= 4 is 16.9 Å². The van der Waals surface area contributed by atoms with Crippen LogP contribution in [0.4, 0.5) is 5.82 Å². The molecule has 0 amide bonds. The first kappa shape index (κ1) is 17.9. The summed E-state index contributed by atoms with van der Waals surface area (Å²) in [5.41, 5.74) is 4.01. The van der Waals surface area contributed by atoms with Gasteiger partial charge in [-0.2, -0.15) is 5.10 Å². The monoisotopic (exact) mass is 366 g/mol. The molecule has 142 valence electrons. The molecule has 1 saturated heterocycles. The van der Waals surface area contributed by atoms with Gasteiger partial charge < -0.3 is 15.0 Å². The molecule has 1 N–H and O–H groups in total. The van der Waals surface area contributed by atoms with E-state index in [1.165, 1.54) is 5.56 Å². The second-order valence-corrected chi connectivity index (χ2v) is 7.02. The summed E-state index contributed by atoms with van der Waals surface area (Å²) in [6, 6.07) is 8.34.